The Morgan fingerprint density at radius 3 is 2.43 bits per heavy atom. The van der Waals surface area contributed by atoms with Crippen LogP contribution in [0.1, 0.15) is 17.4 Å². The first kappa shape index (κ1) is 16.0. The molecule has 0 aliphatic carbocycles. The molecule has 1 atom stereocenters. The number of hydrogen-bond donors (Lipinski definition) is 2. The zero-order valence-corrected chi connectivity index (χ0v) is 14.2. The molecule has 1 heterocycles. The van der Waals surface area contributed by atoms with Gasteiger partial charge in [-0.3, -0.25) is 0 Å². The van der Waals surface area contributed by atoms with Crippen molar-refractivity contribution in [2.75, 3.05) is 6.54 Å². The second kappa shape index (κ2) is 7.59. The quantitative estimate of drug-likeness (QED) is 0.695. The van der Waals surface area contributed by atoms with Gasteiger partial charge in [0.05, 0.1) is 0 Å². The normalized spacial score (nSPS) is 12.3. The minimum atomic E-state index is -0.461. The highest BCUT2D eigenvalue weighted by atomic mass is 79.9. The lowest BCUT2D eigenvalue weighted by atomic mass is 10.1. The van der Waals surface area contributed by atoms with E-state index < -0.39 is 6.10 Å². The summed E-state index contributed by atoms with van der Waals surface area (Å²) in [6.45, 7) is 1.32. The fourth-order valence-corrected chi connectivity index (χ4v) is 2.72. The fourth-order valence-electron chi connectivity index (χ4n) is 2.45. The highest BCUT2D eigenvalue weighted by Crippen LogP contribution is 2.23. The Balaban J connectivity index is 1.54. The van der Waals surface area contributed by atoms with E-state index in [1.54, 1.807) is 0 Å². The molecule has 118 valence electrons. The summed E-state index contributed by atoms with van der Waals surface area (Å²) in [5.41, 5.74) is 2.00. The third-order valence-corrected chi connectivity index (χ3v) is 4.24. The van der Waals surface area contributed by atoms with Crippen LogP contribution in [0.2, 0.25) is 0 Å². The van der Waals surface area contributed by atoms with E-state index in [1.165, 1.54) is 0 Å². The van der Waals surface area contributed by atoms with Crippen molar-refractivity contribution in [1.82, 2.24) is 0 Å². The number of aliphatic hydroxyl groups excluding tert-OH is 1. The van der Waals surface area contributed by atoms with E-state index in [9.17, 15) is 5.11 Å². The average Bonchev–Trinajstić information content (AvgIpc) is 3.05. The summed E-state index contributed by atoms with van der Waals surface area (Å²) in [7, 11) is 0. The Labute approximate surface area is 144 Å². The molecule has 2 aromatic carbocycles. The number of benzene rings is 2. The number of furan rings is 1. The first-order valence-corrected chi connectivity index (χ1v) is 8.41. The Kier molecular flexibility index (Phi) is 5.28. The first-order valence-electron chi connectivity index (χ1n) is 7.62. The largest absolute Gasteiger partial charge is 0.455 e. The molecule has 4 heteroatoms. The number of hydrogen-bond acceptors (Lipinski definition) is 2. The number of aliphatic hydroxyl groups is 1. The van der Waals surface area contributed by atoms with E-state index >= 15 is 0 Å². The molecule has 0 saturated carbocycles. The topological polar surface area (TPSA) is 50.0 Å². The van der Waals surface area contributed by atoms with Crippen LogP contribution in [0.3, 0.4) is 0 Å². The molecule has 23 heavy (non-hydrogen) atoms. The molecule has 0 bridgehead atoms. The fraction of sp³-hybridized carbons (Fsp3) is 0.158. The zero-order chi connectivity index (χ0) is 16.1. The summed E-state index contributed by atoms with van der Waals surface area (Å²) >= 11 is 3.43. The second-order valence-corrected chi connectivity index (χ2v) is 6.34. The molecule has 1 aromatic heterocycles. The van der Waals surface area contributed by atoms with Crippen LogP contribution >= 0.6 is 15.9 Å². The number of rotatable bonds is 6. The van der Waals surface area contributed by atoms with Gasteiger partial charge in [-0.05, 0) is 29.8 Å². The molecule has 3 nitrogen and oxygen atoms in total. The van der Waals surface area contributed by atoms with Crippen LogP contribution in [-0.4, -0.2) is 11.7 Å². The molecule has 0 unspecified atom stereocenters. The van der Waals surface area contributed by atoms with Gasteiger partial charge in [-0.2, -0.15) is 0 Å². The van der Waals surface area contributed by atoms with Crippen molar-refractivity contribution in [3.05, 3.63) is 82.5 Å². The van der Waals surface area contributed by atoms with Crippen molar-refractivity contribution in [3.8, 4) is 11.3 Å². The van der Waals surface area contributed by atoms with E-state index in [-0.39, 0.29) is 0 Å². The van der Waals surface area contributed by atoms with Crippen molar-refractivity contribution >= 4 is 15.9 Å². The van der Waals surface area contributed by atoms with Crippen molar-refractivity contribution in [2.24, 2.45) is 0 Å². The van der Waals surface area contributed by atoms with E-state index in [0.29, 0.717) is 13.1 Å². The van der Waals surface area contributed by atoms with E-state index in [4.69, 9.17) is 4.42 Å². The monoisotopic (exact) mass is 372 g/mol. The van der Waals surface area contributed by atoms with Gasteiger partial charge < -0.3 is 14.8 Å². The van der Waals surface area contributed by atoms with Gasteiger partial charge in [-0.15, -0.1) is 0 Å². The molecule has 3 N–H and O–H groups in total. The third kappa shape index (κ3) is 4.32. The van der Waals surface area contributed by atoms with E-state index in [2.05, 4.69) is 21.2 Å². The Hall–Kier alpha value is -1.88. The van der Waals surface area contributed by atoms with Gasteiger partial charge in [0.25, 0.3) is 0 Å². The van der Waals surface area contributed by atoms with Crippen molar-refractivity contribution in [1.29, 1.82) is 0 Å². The van der Waals surface area contributed by atoms with Gasteiger partial charge in [0.1, 0.15) is 25.0 Å². The van der Waals surface area contributed by atoms with Gasteiger partial charge >= 0.3 is 0 Å². The highest BCUT2D eigenvalue weighted by molar-refractivity contribution is 9.10. The van der Waals surface area contributed by atoms with Gasteiger partial charge in [-0.1, -0.05) is 58.4 Å². The van der Waals surface area contributed by atoms with E-state index in [1.807, 2.05) is 66.7 Å². The molecule has 0 fully saturated rings. The van der Waals surface area contributed by atoms with Crippen LogP contribution in [-0.2, 0) is 6.54 Å². The van der Waals surface area contributed by atoms with Crippen LogP contribution in [0.15, 0.2) is 75.6 Å². The minimum absolute atomic E-state index is 0.461. The highest BCUT2D eigenvalue weighted by Gasteiger charge is 2.10. The maximum Gasteiger partial charge on any atom is 0.158 e. The van der Waals surface area contributed by atoms with Gasteiger partial charge in [-0.25, -0.2) is 0 Å². The number of quaternary nitrogens is 1. The molecule has 3 aromatic rings. The van der Waals surface area contributed by atoms with Crippen LogP contribution in [0, 0.1) is 0 Å². The summed E-state index contributed by atoms with van der Waals surface area (Å²) in [4.78, 5) is 0. The zero-order valence-electron chi connectivity index (χ0n) is 12.7. The van der Waals surface area contributed by atoms with Crippen molar-refractivity contribution < 1.29 is 14.8 Å². The summed E-state index contributed by atoms with van der Waals surface area (Å²) in [6.07, 6.45) is -0.461. The lowest BCUT2D eigenvalue weighted by Gasteiger charge is -2.08. The van der Waals surface area contributed by atoms with Crippen molar-refractivity contribution in [3.63, 3.8) is 0 Å². The predicted octanol–water partition coefficient (Wildman–Crippen LogP) is 3.51. The molecule has 0 aliphatic heterocycles. The molecule has 0 saturated heterocycles. The lowest BCUT2D eigenvalue weighted by molar-refractivity contribution is -0.679. The van der Waals surface area contributed by atoms with Crippen molar-refractivity contribution in [2.45, 2.75) is 12.6 Å². The lowest BCUT2D eigenvalue weighted by Crippen LogP contribution is -2.83. The van der Waals surface area contributed by atoms with Gasteiger partial charge in [0.2, 0.25) is 0 Å². The van der Waals surface area contributed by atoms with Gasteiger partial charge in [0, 0.05) is 10.0 Å². The maximum atomic E-state index is 10.1. The number of nitrogens with two attached hydrogens (primary N) is 1. The summed E-state index contributed by atoms with van der Waals surface area (Å²) in [5.74, 6) is 1.77. The molecule has 0 aliphatic rings. The first-order chi connectivity index (χ1) is 11.2. The summed E-state index contributed by atoms with van der Waals surface area (Å²) in [5, 5.41) is 12.2. The SMILES string of the molecule is O[C@@H](C[NH2+]Cc1ccc(-c2ccc(Br)cc2)o1)c1ccccc1. The molecule has 3 rings (SSSR count). The van der Waals surface area contributed by atoms with Crippen LogP contribution in [0.4, 0.5) is 0 Å². The Morgan fingerprint density at radius 2 is 1.70 bits per heavy atom. The Morgan fingerprint density at radius 1 is 0.957 bits per heavy atom. The Bertz CT molecular complexity index is 738. The van der Waals surface area contributed by atoms with E-state index in [0.717, 1.165) is 27.1 Å². The summed E-state index contributed by atoms with van der Waals surface area (Å²) < 4.78 is 6.92. The molecule has 0 amide bonds. The maximum absolute atomic E-state index is 10.1. The third-order valence-electron chi connectivity index (χ3n) is 3.71. The smallest absolute Gasteiger partial charge is 0.158 e. The minimum Gasteiger partial charge on any atom is -0.455 e. The van der Waals surface area contributed by atoms with Crippen LogP contribution in [0.25, 0.3) is 11.3 Å². The number of halogens is 1. The molecule has 0 spiro atoms. The average molecular weight is 373 g/mol. The molecular formula is C19H19BrNO2+. The second-order valence-electron chi connectivity index (χ2n) is 5.43. The molecular weight excluding hydrogens is 354 g/mol. The summed E-state index contributed by atoms with van der Waals surface area (Å²) in [6, 6.07) is 21.7. The van der Waals surface area contributed by atoms with Crippen LogP contribution < -0.4 is 5.32 Å². The van der Waals surface area contributed by atoms with Gasteiger partial charge in [0.15, 0.2) is 5.76 Å². The van der Waals surface area contributed by atoms with Crippen LogP contribution in [0.5, 0.6) is 0 Å². The standard InChI is InChI=1S/C19H18BrNO2/c20-16-8-6-15(7-9-16)19-11-10-17(23-19)12-21-13-18(22)14-4-2-1-3-5-14/h1-11,18,21-22H,12-13H2/p+1/t18-/m0/s1. The molecule has 0 radical (unpaired) electrons. The predicted molar refractivity (Wildman–Crippen MR) is 93.7 cm³/mol.